The molecule has 5 aromatic carbocycles. The third-order valence-electron chi connectivity index (χ3n) is 10.5. The van der Waals surface area contributed by atoms with Crippen molar-refractivity contribution < 1.29 is 26.2 Å². The van der Waals surface area contributed by atoms with Crippen molar-refractivity contribution >= 4 is 5.65 Å². The number of aromatic nitrogens is 3. The Hall–Kier alpha value is -5.57. The van der Waals surface area contributed by atoms with Crippen molar-refractivity contribution in [2.24, 2.45) is 0 Å². The number of hydrogen-bond donors (Lipinski definition) is 1. The standard InChI is InChI=1S/C47H36N3O.Pt/c1-29-14-12-15-30(2)42(29)34-27-39(48-40(28-34)37-24-23-36-35-20-8-9-21-38(35)47(3,4)43(36)46(37)51)32-18-13-19-33(26-32)44-45(31-16-6-5-7-17-31)50-25-11-10-22-41(50)49-44;/h5-25,27-28,51H,1-4H3;/q-1;. The average molecular weight is 854 g/mol. The molecule has 0 atom stereocenters. The van der Waals surface area contributed by atoms with E-state index in [1.807, 2.05) is 30.3 Å². The fourth-order valence-electron chi connectivity index (χ4n) is 8.09. The number of rotatable bonds is 5. The molecule has 0 saturated heterocycles. The van der Waals surface area contributed by atoms with Gasteiger partial charge in [-0.05, 0) is 82.6 Å². The van der Waals surface area contributed by atoms with Crippen LogP contribution >= 0.6 is 0 Å². The van der Waals surface area contributed by atoms with Crippen LogP contribution in [0.3, 0.4) is 0 Å². The monoisotopic (exact) mass is 853 g/mol. The van der Waals surface area contributed by atoms with Gasteiger partial charge >= 0.3 is 0 Å². The summed E-state index contributed by atoms with van der Waals surface area (Å²) in [6.45, 7) is 8.68. The van der Waals surface area contributed by atoms with Gasteiger partial charge in [0.15, 0.2) is 0 Å². The third kappa shape index (κ3) is 5.33. The van der Waals surface area contributed by atoms with Crippen molar-refractivity contribution in [2.75, 3.05) is 0 Å². The molecular formula is C47H36N3OPt-. The molecule has 1 N–H and O–H groups in total. The molecule has 0 amide bonds. The summed E-state index contributed by atoms with van der Waals surface area (Å²) in [7, 11) is 0. The molecule has 4 nitrogen and oxygen atoms in total. The van der Waals surface area contributed by atoms with Crippen LogP contribution in [0.25, 0.3) is 72.9 Å². The fourth-order valence-corrected chi connectivity index (χ4v) is 8.09. The zero-order valence-corrected chi connectivity index (χ0v) is 31.7. The van der Waals surface area contributed by atoms with Crippen LogP contribution in [0.1, 0.15) is 36.1 Å². The predicted octanol–water partition coefficient (Wildman–Crippen LogP) is 11.5. The van der Waals surface area contributed by atoms with E-state index in [4.69, 9.17) is 9.97 Å². The maximum absolute atomic E-state index is 12.1. The number of aryl methyl sites for hydroxylation is 2. The molecule has 52 heavy (non-hydrogen) atoms. The number of fused-ring (bicyclic) bond motifs is 4. The molecule has 3 heterocycles. The third-order valence-corrected chi connectivity index (χ3v) is 10.5. The molecule has 3 aromatic heterocycles. The number of aromatic hydroxyl groups is 1. The van der Waals surface area contributed by atoms with Gasteiger partial charge in [0.2, 0.25) is 0 Å². The summed E-state index contributed by atoms with van der Waals surface area (Å²) in [5.74, 6) is 0.278. The maximum atomic E-state index is 12.1. The molecule has 0 saturated carbocycles. The average Bonchev–Trinajstić information content (AvgIpc) is 3.65. The Labute approximate surface area is 318 Å². The number of benzene rings is 5. The van der Waals surface area contributed by atoms with Crippen molar-refractivity contribution in [3.8, 4) is 73.0 Å². The number of phenolic OH excluding ortho intramolecular Hbond substituents is 1. The van der Waals surface area contributed by atoms with E-state index in [0.717, 1.165) is 56.1 Å². The molecule has 256 valence electrons. The van der Waals surface area contributed by atoms with E-state index >= 15 is 0 Å². The van der Waals surface area contributed by atoms with Gasteiger partial charge in [-0.15, -0.1) is 24.3 Å². The number of hydrogen-bond acceptors (Lipinski definition) is 3. The summed E-state index contributed by atoms with van der Waals surface area (Å²) in [6.07, 6.45) is 2.06. The molecule has 0 spiro atoms. The van der Waals surface area contributed by atoms with E-state index < -0.39 is 0 Å². The molecule has 0 radical (unpaired) electrons. The molecule has 1 aliphatic rings. The largest absolute Gasteiger partial charge is 0.507 e. The Balaban J connectivity index is 0.00000387. The second-order valence-corrected chi connectivity index (χ2v) is 14.0. The molecule has 0 fully saturated rings. The molecule has 0 bridgehead atoms. The van der Waals surface area contributed by atoms with Gasteiger partial charge in [-0.1, -0.05) is 116 Å². The van der Waals surface area contributed by atoms with Gasteiger partial charge < -0.3 is 9.51 Å². The number of pyridine rings is 2. The summed E-state index contributed by atoms with van der Waals surface area (Å²) < 4.78 is 2.14. The molecule has 8 aromatic rings. The van der Waals surface area contributed by atoms with Crippen LogP contribution in [-0.2, 0) is 26.5 Å². The Morgan fingerprint density at radius 2 is 1.29 bits per heavy atom. The van der Waals surface area contributed by atoms with Crippen molar-refractivity contribution in [2.45, 2.75) is 33.1 Å². The summed E-state index contributed by atoms with van der Waals surface area (Å²) in [6, 6.07) is 49.7. The quantitative estimate of drug-likeness (QED) is 0.176. The predicted molar refractivity (Wildman–Crippen MR) is 208 cm³/mol. The first-order valence-corrected chi connectivity index (χ1v) is 17.4. The minimum atomic E-state index is -0.355. The van der Waals surface area contributed by atoms with Crippen molar-refractivity contribution in [1.82, 2.24) is 14.4 Å². The van der Waals surface area contributed by atoms with Crippen molar-refractivity contribution in [3.63, 3.8) is 0 Å². The van der Waals surface area contributed by atoms with Crippen LogP contribution in [0.2, 0.25) is 0 Å². The van der Waals surface area contributed by atoms with Crippen LogP contribution in [0.5, 0.6) is 5.75 Å². The van der Waals surface area contributed by atoms with Gasteiger partial charge in [0.05, 0.1) is 5.69 Å². The molecule has 0 unspecified atom stereocenters. The van der Waals surface area contributed by atoms with Crippen LogP contribution in [0.15, 0.2) is 140 Å². The van der Waals surface area contributed by atoms with Crippen LogP contribution < -0.4 is 0 Å². The molecular weight excluding hydrogens is 818 g/mol. The second kappa shape index (κ2) is 12.9. The van der Waals surface area contributed by atoms with Gasteiger partial charge in [-0.25, -0.2) is 0 Å². The Morgan fingerprint density at radius 1 is 0.615 bits per heavy atom. The Kier molecular flexibility index (Phi) is 8.32. The van der Waals surface area contributed by atoms with Crippen molar-refractivity contribution in [3.05, 3.63) is 168 Å². The fraction of sp³-hybridized carbons (Fsp3) is 0.106. The van der Waals surface area contributed by atoms with E-state index in [1.54, 1.807) is 0 Å². The number of nitrogens with zero attached hydrogens (tertiary/aromatic N) is 3. The summed E-state index contributed by atoms with van der Waals surface area (Å²) in [5.41, 5.74) is 16.4. The zero-order valence-electron chi connectivity index (χ0n) is 29.4. The first kappa shape index (κ1) is 33.6. The molecule has 1 aliphatic carbocycles. The second-order valence-electron chi connectivity index (χ2n) is 14.0. The SMILES string of the molecule is Cc1cccc(C)c1-c1cc(-c2[c-]c(-c3nc4ccccn4c3-c3ccccc3)ccc2)nc(-c2ccc3c(c2O)C(C)(C)c2ccccc2-3)c1.[Pt]. The number of imidazole rings is 1. The van der Waals surface area contributed by atoms with Gasteiger partial charge in [0.25, 0.3) is 0 Å². The van der Waals surface area contributed by atoms with Gasteiger partial charge in [-0.2, -0.15) is 0 Å². The summed E-state index contributed by atoms with van der Waals surface area (Å²) >= 11 is 0. The van der Waals surface area contributed by atoms with E-state index in [2.05, 4.69) is 147 Å². The zero-order chi connectivity index (χ0) is 34.9. The van der Waals surface area contributed by atoms with Crippen molar-refractivity contribution in [1.29, 1.82) is 0 Å². The van der Waals surface area contributed by atoms with Crippen LogP contribution in [-0.4, -0.2) is 19.5 Å². The first-order chi connectivity index (χ1) is 24.8. The Bertz CT molecular complexity index is 2640. The summed E-state index contributed by atoms with van der Waals surface area (Å²) in [5, 5.41) is 12.1. The molecule has 9 rings (SSSR count). The minimum Gasteiger partial charge on any atom is -0.507 e. The summed E-state index contributed by atoms with van der Waals surface area (Å²) in [4.78, 5) is 10.4. The van der Waals surface area contributed by atoms with Gasteiger partial charge in [0.1, 0.15) is 11.4 Å². The normalized spacial score (nSPS) is 12.7. The van der Waals surface area contributed by atoms with Gasteiger partial charge in [-0.3, -0.25) is 9.97 Å². The smallest absolute Gasteiger partial charge is 0.129 e. The topological polar surface area (TPSA) is 50.4 Å². The van der Waals surface area contributed by atoms with E-state index in [1.165, 1.54) is 27.8 Å². The van der Waals surface area contributed by atoms with E-state index in [0.29, 0.717) is 11.3 Å². The van der Waals surface area contributed by atoms with Crippen LogP contribution in [0.4, 0.5) is 0 Å². The molecule has 0 aliphatic heterocycles. The van der Waals surface area contributed by atoms with Crippen LogP contribution in [0, 0.1) is 19.9 Å². The maximum Gasteiger partial charge on any atom is 0.129 e. The van der Waals surface area contributed by atoms with Gasteiger partial charge in [0, 0.05) is 60.9 Å². The minimum absolute atomic E-state index is 0. The first-order valence-electron chi connectivity index (χ1n) is 17.4. The number of phenols is 1. The van der Waals surface area contributed by atoms with E-state index in [9.17, 15) is 5.11 Å². The molecule has 5 heteroatoms. The van der Waals surface area contributed by atoms with E-state index in [-0.39, 0.29) is 32.2 Å². The Morgan fingerprint density at radius 3 is 2.10 bits per heavy atom.